The first-order valence-corrected chi connectivity index (χ1v) is 20.3. The number of benzene rings is 9. The van der Waals surface area contributed by atoms with Crippen molar-refractivity contribution in [2.75, 3.05) is 0 Å². The first kappa shape index (κ1) is 32.1. The number of hydrogen-bond acceptors (Lipinski definition) is 1. The summed E-state index contributed by atoms with van der Waals surface area (Å²) in [5, 5.41) is 7.65. The van der Waals surface area contributed by atoms with Crippen LogP contribution in [0.15, 0.2) is 206 Å². The van der Waals surface area contributed by atoms with Gasteiger partial charge in [-0.3, -0.25) is 0 Å². The Morgan fingerprint density at radius 2 is 0.789 bits per heavy atom. The van der Waals surface area contributed by atoms with Gasteiger partial charge in [-0.15, -0.1) is 11.3 Å². The number of aromatic nitrogens is 2. The lowest BCUT2D eigenvalue weighted by atomic mass is 9.95. The molecule has 0 saturated heterocycles. The summed E-state index contributed by atoms with van der Waals surface area (Å²) in [6, 6.07) is 75.5. The summed E-state index contributed by atoms with van der Waals surface area (Å²) in [7, 11) is 0. The monoisotopic (exact) mass is 742 g/mol. The highest BCUT2D eigenvalue weighted by Crippen LogP contribution is 2.48. The number of nitrogens with zero attached hydrogens (tertiary/aromatic N) is 2. The molecule has 0 bridgehead atoms. The zero-order valence-corrected chi connectivity index (χ0v) is 31.7. The van der Waals surface area contributed by atoms with Gasteiger partial charge in [0.15, 0.2) is 0 Å². The standard InChI is InChI=1S/C54H34N2S/c1-3-13-35(14-4-1)37-23-28-40(29-24-37)55-48-20-10-7-17-42(48)46-33-39(27-32-50(46)55)45-34-47-43-18-8-11-21-49(43)56(41-30-25-38(26-31-41)36-15-5-2-6-16-36)53(47)54-52(45)44-19-9-12-22-51(44)57-54/h1-34H. The second-order valence-corrected chi connectivity index (χ2v) is 15.9. The SMILES string of the molecule is c1ccc(-c2ccc(-n3c4ccccc4c4cc(-c5cc6c7ccccc7n(-c7ccc(-c8ccccc8)cc7)c6c6sc7ccccc7c56)ccc43)cc2)cc1. The Bertz CT molecular complexity index is 3480. The molecule has 0 aliphatic heterocycles. The summed E-state index contributed by atoms with van der Waals surface area (Å²) in [6.45, 7) is 0. The Labute approximate surface area is 333 Å². The van der Waals surface area contributed by atoms with Gasteiger partial charge < -0.3 is 9.13 Å². The van der Waals surface area contributed by atoms with Crippen LogP contribution in [0.25, 0.3) is 109 Å². The van der Waals surface area contributed by atoms with E-state index in [1.807, 2.05) is 11.3 Å². The van der Waals surface area contributed by atoms with Crippen LogP contribution in [0.2, 0.25) is 0 Å². The van der Waals surface area contributed by atoms with Gasteiger partial charge in [0.05, 0.1) is 26.8 Å². The van der Waals surface area contributed by atoms with Gasteiger partial charge in [-0.1, -0.05) is 146 Å². The van der Waals surface area contributed by atoms with Gasteiger partial charge in [0.1, 0.15) is 0 Å². The lowest BCUT2D eigenvalue weighted by molar-refractivity contribution is 1.18. The van der Waals surface area contributed by atoms with E-state index in [-0.39, 0.29) is 0 Å². The van der Waals surface area contributed by atoms with Crippen molar-refractivity contribution in [1.29, 1.82) is 0 Å². The highest BCUT2D eigenvalue weighted by atomic mass is 32.1. The van der Waals surface area contributed by atoms with E-state index in [1.54, 1.807) is 0 Å². The van der Waals surface area contributed by atoms with E-state index < -0.39 is 0 Å². The molecule has 57 heavy (non-hydrogen) atoms. The molecule has 3 aromatic heterocycles. The lowest BCUT2D eigenvalue weighted by Crippen LogP contribution is -1.94. The molecule has 9 aromatic carbocycles. The number of para-hydroxylation sites is 2. The summed E-state index contributed by atoms with van der Waals surface area (Å²) in [5.41, 5.74) is 14.6. The largest absolute Gasteiger partial charge is 0.309 e. The molecule has 0 amide bonds. The third-order valence-electron chi connectivity index (χ3n) is 11.7. The van der Waals surface area contributed by atoms with E-state index in [2.05, 4.69) is 215 Å². The number of fused-ring (bicyclic) bond motifs is 10. The molecule has 2 nitrogen and oxygen atoms in total. The predicted octanol–water partition coefficient (Wildman–Crippen LogP) is 15.2. The fraction of sp³-hybridized carbons (Fsp3) is 0. The van der Waals surface area contributed by atoms with Crippen molar-refractivity contribution in [3.8, 4) is 44.8 Å². The predicted molar refractivity (Wildman–Crippen MR) is 244 cm³/mol. The van der Waals surface area contributed by atoms with E-state index >= 15 is 0 Å². The van der Waals surface area contributed by atoms with Gasteiger partial charge in [-0.2, -0.15) is 0 Å². The molecule has 0 unspecified atom stereocenters. The molecule has 266 valence electrons. The fourth-order valence-electron chi connectivity index (χ4n) is 9.11. The second-order valence-electron chi connectivity index (χ2n) is 14.9. The van der Waals surface area contributed by atoms with E-state index in [4.69, 9.17) is 0 Å². The third-order valence-corrected chi connectivity index (χ3v) is 12.9. The molecule has 0 radical (unpaired) electrons. The van der Waals surface area contributed by atoms with E-state index in [1.165, 1.54) is 103 Å². The maximum atomic E-state index is 2.49. The molecule has 0 aliphatic carbocycles. The van der Waals surface area contributed by atoms with Crippen LogP contribution in [0.3, 0.4) is 0 Å². The number of hydrogen-bond donors (Lipinski definition) is 0. The minimum atomic E-state index is 1.16. The Morgan fingerprint density at radius 3 is 1.44 bits per heavy atom. The zero-order valence-electron chi connectivity index (χ0n) is 30.9. The average molecular weight is 743 g/mol. The van der Waals surface area contributed by atoms with Crippen molar-refractivity contribution < 1.29 is 0 Å². The molecule has 3 heteroatoms. The molecule has 0 fully saturated rings. The molecule has 3 heterocycles. The van der Waals surface area contributed by atoms with Crippen LogP contribution < -0.4 is 0 Å². The maximum Gasteiger partial charge on any atom is 0.0720 e. The van der Waals surface area contributed by atoms with Crippen LogP contribution in [0.4, 0.5) is 0 Å². The van der Waals surface area contributed by atoms with E-state index in [9.17, 15) is 0 Å². The highest BCUT2D eigenvalue weighted by molar-refractivity contribution is 7.26. The lowest BCUT2D eigenvalue weighted by Gasteiger charge is -2.12. The summed E-state index contributed by atoms with van der Waals surface area (Å²) < 4.78 is 7.52. The first-order chi connectivity index (χ1) is 28.3. The highest BCUT2D eigenvalue weighted by Gasteiger charge is 2.22. The van der Waals surface area contributed by atoms with Gasteiger partial charge >= 0.3 is 0 Å². The molecule has 0 aliphatic rings. The van der Waals surface area contributed by atoms with E-state index in [0.717, 1.165) is 5.69 Å². The van der Waals surface area contributed by atoms with Crippen LogP contribution in [-0.4, -0.2) is 9.13 Å². The normalized spacial score (nSPS) is 11.9. The average Bonchev–Trinajstić information content (AvgIpc) is 3.95. The topological polar surface area (TPSA) is 9.86 Å². The van der Waals surface area contributed by atoms with Crippen molar-refractivity contribution >= 4 is 75.1 Å². The van der Waals surface area contributed by atoms with Crippen LogP contribution in [0, 0.1) is 0 Å². The van der Waals surface area contributed by atoms with Gasteiger partial charge in [-0.25, -0.2) is 0 Å². The van der Waals surface area contributed by atoms with Crippen molar-refractivity contribution in [2.24, 2.45) is 0 Å². The molecule has 0 saturated carbocycles. The number of thiophene rings is 1. The second kappa shape index (κ2) is 12.7. The van der Waals surface area contributed by atoms with Gasteiger partial charge in [0.2, 0.25) is 0 Å². The number of rotatable bonds is 5. The molecule has 12 aromatic rings. The van der Waals surface area contributed by atoms with Crippen molar-refractivity contribution in [1.82, 2.24) is 9.13 Å². The maximum absolute atomic E-state index is 2.49. The summed E-state index contributed by atoms with van der Waals surface area (Å²) in [4.78, 5) is 0. The Hall–Kier alpha value is -7.20. The Morgan fingerprint density at radius 1 is 0.316 bits per heavy atom. The van der Waals surface area contributed by atoms with Crippen molar-refractivity contribution in [3.05, 3.63) is 206 Å². The third kappa shape index (κ3) is 4.96. The van der Waals surface area contributed by atoms with Gasteiger partial charge in [-0.05, 0) is 94.0 Å². The van der Waals surface area contributed by atoms with Crippen molar-refractivity contribution in [2.45, 2.75) is 0 Å². The zero-order chi connectivity index (χ0) is 37.5. The van der Waals surface area contributed by atoms with Crippen LogP contribution in [-0.2, 0) is 0 Å². The molecular weight excluding hydrogens is 709 g/mol. The van der Waals surface area contributed by atoms with Gasteiger partial charge in [0.25, 0.3) is 0 Å². The first-order valence-electron chi connectivity index (χ1n) is 19.5. The Balaban J connectivity index is 1.09. The molecule has 0 N–H and O–H groups in total. The molecule has 12 rings (SSSR count). The molecular formula is C54H34N2S. The van der Waals surface area contributed by atoms with Crippen molar-refractivity contribution in [3.63, 3.8) is 0 Å². The smallest absolute Gasteiger partial charge is 0.0720 e. The quantitative estimate of drug-likeness (QED) is 0.166. The minimum absolute atomic E-state index is 1.16. The van der Waals surface area contributed by atoms with Gasteiger partial charge in [0, 0.05) is 48.4 Å². The summed E-state index contributed by atoms with van der Waals surface area (Å²) in [5.74, 6) is 0. The summed E-state index contributed by atoms with van der Waals surface area (Å²) >= 11 is 1.91. The minimum Gasteiger partial charge on any atom is -0.309 e. The fourth-order valence-corrected chi connectivity index (χ4v) is 10.4. The molecule has 0 atom stereocenters. The van der Waals surface area contributed by atoms with Crippen LogP contribution >= 0.6 is 11.3 Å². The van der Waals surface area contributed by atoms with E-state index in [0.29, 0.717) is 0 Å². The Kier molecular flexibility index (Phi) is 7.13. The molecule has 0 spiro atoms. The summed E-state index contributed by atoms with van der Waals surface area (Å²) in [6.07, 6.45) is 0. The van der Waals surface area contributed by atoms with Crippen LogP contribution in [0.1, 0.15) is 0 Å². The van der Waals surface area contributed by atoms with Crippen LogP contribution in [0.5, 0.6) is 0 Å².